The van der Waals surface area contributed by atoms with Crippen LogP contribution in [0.1, 0.15) is 47.2 Å². The Labute approximate surface area is 184 Å². The number of Topliss-reactive ketones (excluding diaryl/α,β-unsaturated/α-hetero) is 1. The monoisotopic (exact) mass is 436 g/mol. The molecule has 0 bridgehead atoms. The van der Waals surface area contributed by atoms with Gasteiger partial charge in [0.05, 0.1) is 12.0 Å². The third-order valence-corrected chi connectivity index (χ3v) is 5.52. The number of nitrogens with zero attached hydrogens (tertiary/aromatic N) is 4. The molecule has 0 aromatic carbocycles. The van der Waals surface area contributed by atoms with Crippen LogP contribution in [0.15, 0.2) is 47.1 Å². The summed E-state index contributed by atoms with van der Waals surface area (Å²) in [5.74, 6) is -0.0686. The van der Waals surface area contributed by atoms with Gasteiger partial charge in [-0.1, -0.05) is 6.07 Å². The van der Waals surface area contributed by atoms with E-state index in [1.807, 2.05) is 6.07 Å². The summed E-state index contributed by atoms with van der Waals surface area (Å²) < 4.78 is 5.32. The van der Waals surface area contributed by atoms with Crippen LogP contribution >= 0.6 is 0 Å². The smallest absolute Gasteiger partial charge is 0.407 e. The third-order valence-electron chi connectivity index (χ3n) is 5.52. The second kappa shape index (κ2) is 9.15. The zero-order valence-electron chi connectivity index (χ0n) is 17.3. The molecule has 2 atom stereocenters. The lowest BCUT2D eigenvalue weighted by Gasteiger charge is -2.33. The van der Waals surface area contributed by atoms with Gasteiger partial charge in [0.15, 0.2) is 5.76 Å². The number of piperidine rings is 1. The Kier molecular flexibility index (Phi) is 6.13. The van der Waals surface area contributed by atoms with Gasteiger partial charge >= 0.3 is 6.09 Å². The van der Waals surface area contributed by atoms with Crippen LogP contribution in [0.25, 0.3) is 11.5 Å². The number of anilines is 1. The van der Waals surface area contributed by atoms with Crippen LogP contribution in [0.5, 0.6) is 0 Å². The van der Waals surface area contributed by atoms with Crippen molar-refractivity contribution in [3.63, 3.8) is 0 Å². The molecular formula is C22H24N6O4. The molecule has 32 heavy (non-hydrogen) atoms. The van der Waals surface area contributed by atoms with E-state index in [-0.39, 0.29) is 17.7 Å². The molecule has 0 radical (unpaired) electrons. The number of ketones is 1. The van der Waals surface area contributed by atoms with Gasteiger partial charge in [-0.25, -0.2) is 14.8 Å². The van der Waals surface area contributed by atoms with E-state index in [4.69, 9.17) is 15.9 Å². The maximum Gasteiger partial charge on any atom is 0.407 e. The van der Waals surface area contributed by atoms with Gasteiger partial charge in [0.2, 0.25) is 11.7 Å². The Balaban J connectivity index is 1.54. The number of pyridine rings is 1. The molecule has 10 nitrogen and oxygen atoms in total. The molecule has 3 aromatic heterocycles. The number of nitrogen functional groups attached to an aromatic ring is 1. The number of rotatable bonds is 6. The van der Waals surface area contributed by atoms with E-state index < -0.39 is 17.9 Å². The van der Waals surface area contributed by atoms with Crippen LogP contribution in [0.3, 0.4) is 0 Å². The van der Waals surface area contributed by atoms with Crippen LogP contribution in [-0.2, 0) is 6.42 Å². The highest BCUT2D eigenvalue weighted by molar-refractivity contribution is 5.99. The van der Waals surface area contributed by atoms with E-state index in [2.05, 4.69) is 15.0 Å². The zero-order chi connectivity index (χ0) is 22.7. The molecule has 3 aromatic rings. The van der Waals surface area contributed by atoms with Gasteiger partial charge in [0.25, 0.3) is 0 Å². The molecule has 1 aliphatic heterocycles. The van der Waals surface area contributed by atoms with Crippen molar-refractivity contribution in [3.8, 4) is 11.5 Å². The largest absolute Gasteiger partial charge is 0.465 e. The minimum Gasteiger partial charge on any atom is -0.465 e. The van der Waals surface area contributed by atoms with Crippen molar-refractivity contribution in [2.75, 3.05) is 12.3 Å². The predicted molar refractivity (Wildman–Crippen MR) is 116 cm³/mol. The van der Waals surface area contributed by atoms with Gasteiger partial charge in [0, 0.05) is 24.7 Å². The van der Waals surface area contributed by atoms with Crippen molar-refractivity contribution in [3.05, 3.63) is 59.7 Å². The Bertz CT molecular complexity index is 1120. The van der Waals surface area contributed by atoms with Crippen molar-refractivity contribution < 1.29 is 19.1 Å². The normalized spacial score (nSPS) is 17.2. The number of hydrogen-bond acceptors (Lipinski definition) is 8. The number of carbonyl (C=O) groups is 2. The maximum atomic E-state index is 13.0. The molecule has 1 fully saturated rings. The molecule has 1 amide bonds. The van der Waals surface area contributed by atoms with Gasteiger partial charge in [-0.05, 0) is 49.6 Å². The molecule has 1 saturated heterocycles. The average Bonchev–Trinajstić information content (AvgIpc) is 3.33. The first-order chi connectivity index (χ1) is 15.4. The summed E-state index contributed by atoms with van der Waals surface area (Å²) in [4.78, 5) is 38.7. The molecule has 0 spiro atoms. The Morgan fingerprint density at radius 3 is 2.78 bits per heavy atom. The summed E-state index contributed by atoms with van der Waals surface area (Å²) >= 11 is 0. The van der Waals surface area contributed by atoms with Crippen LogP contribution in [0.4, 0.5) is 10.7 Å². The molecule has 0 saturated carbocycles. The van der Waals surface area contributed by atoms with Crippen molar-refractivity contribution in [1.82, 2.24) is 19.9 Å². The summed E-state index contributed by atoms with van der Waals surface area (Å²) in [6.07, 6.45) is 3.64. The molecule has 10 heteroatoms. The highest BCUT2D eigenvalue weighted by Gasteiger charge is 2.28. The fourth-order valence-corrected chi connectivity index (χ4v) is 3.93. The number of furan rings is 1. The first kappa shape index (κ1) is 21.4. The van der Waals surface area contributed by atoms with E-state index in [0.29, 0.717) is 35.8 Å². The van der Waals surface area contributed by atoms with Crippen molar-refractivity contribution in [2.24, 2.45) is 5.73 Å². The zero-order valence-corrected chi connectivity index (χ0v) is 17.3. The Hall–Kier alpha value is -3.79. The molecule has 0 aliphatic carbocycles. The number of nitrogens with two attached hydrogens (primary N) is 2. The number of hydrogen-bond donors (Lipinski definition) is 3. The minimum atomic E-state index is -1.06. The summed E-state index contributed by atoms with van der Waals surface area (Å²) in [6.45, 7) is 0.519. The number of aromatic nitrogens is 3. The van der Waals surface area contributed by atoms with Gasteiger partial charge in [0.1, 0.15) is 17.4 Å². The number of carboxylic acid groups (broad SMARTS) is 1. The quantitative estimate of drug-likeness (QED) is 0.493. The average molecular weight is 436 g/mol. The van der Waals surface area contributed by atoms with E-state index in [1.54, 1.807) is 24.3 Å². The number of likely N-dealkylation sites (tertiary alicyclic amines) is 1. The lowest BCUT2D eigenvalue weighted by atomic mass is 9.97. The summed E-state index contributed by atoms with van der Waals surface area (Å²) in [5, 5.41) is 9.45. The molecule has 2 unspecified atom stereocenters. The van der Waals surface area contributed by atoms with Gasteiger partial charge in [-0.2, -0.15) is 0 Å². The van der Waals surface area contributed by atoms with E-state index >= 15 is 0 Å². The predicted octanol–water partition coefficient (Wildman–Crippen LogP) is 2.67. The molecule has 1 aliphatic rings. The van der Waals surface area contributed by atoms with Gasteiger partial charge < -0.3 is 25.9 Å². The maximum absolute atomic E-state index is 13.0. The van der Waals surface area contributed by atoms with Crippen molar-refractivity contribution in [1.29, 1.82) is 0 Å². The minimum absolute atomic E-state index is 0.0629. The Morgan fingerprint density at radius 2 is 2.03 bits per heavy atom. The van der Waals surface area contributed by atoms with E-state index in [1.165, 1.54) is 17.2 Å². The second-order valence-electron chi connectivity index (χ2n) is 7.70. The standard InChI is InChI=1S/C22H24N6O4/c23-19(20(29)17-12-16(26-21(24)27-17)18-8-4-10-32-18)15-7-3-5-13(25-15)11-14-6-1-2-9-28(14)22(30)31/h3-5,7-8,10,12,14,19H,1-2,6,9,11,23H2,(H,30,31)(H2,24,26,27). The molecular weight excluding hydrogens is 412 g/mol. The van der Waals surface area contributed by atoms with Crippen molar-refractivity contribution >= 4 is 17.8 Å². The van der Waals surface area contributed by atoms with Gasteiger partial charge in [-0.15, -0.1) is 0 Å². The third kappa shape index (κ3) is 4.59. The number of carbonyl (C=O) groups excluding carboxylic acids is 1. The summed E-state index contributed by atoms with van der Waals surface area (Å²) in [5.41, 5.74) is 13.5. The van der Waals surface area contributed by atoms with E-state index in [9.17, 15) is 14.7 Å². The molecule has 166 valence electrons. The van der Waals surface area contributed by atoms with E-state index in [0.717, 1.165) is 19.3 Å². The summed E-state index contributed by atoms with van der Waals surface area (Å²) in [7, 11) is 0. The fraction of sp³-hybridized carbons (Fsp3) is 0.318. The van der Waals surface area contributed by atoms with Crippen LogP contribution < -0.4 is 11.5 Å². The second-order valence-corrected chi connectivity index (χ2v) is 7.70. The van der Waals surface area contributed by atoms with Gasteiger partial charge in [-0.3, -0.25) is 9.78 Å². The van der Waals surface area contributed by atoms with Crippen LogP contribution in [0.2, 0.25) is 0 Å². The summed E-state index contributed by atoms with van der Waals surface area (Å²) in [6, 6.07) is 8.92. The van der Waals surface area contributed by atoms with Crippen LogP contribution in [0, 0.1) is 0 Å². The lowest BCUT2D eigenvalue weighted by molar-refractivity contribution is 0.0954. The van der Waals surface area contributed by atoms with Crippen LogP contribution in [-0.4, -0.2) is 49.4 Å². The lowest BCUT2D eigenvalue weighted by Crippen LogP contribution is -2.44. The molecule has 5 N–H and O–H groups in total. The SMILES string of the molecule is Nc1nc(C(=O)C(N)c2cccc(CC3CCCCN3C(=O)O)n2)cc(-c2ccco2)n1. The highest BCUT2D eigenvalue weighted by Crippen LogP contribution is 2.23. The Morgan fingerprint density at radius 1 is 1.19 bits per heavy atom. The molecule has 4 rings (SSSR count). The van der Waals surface area contributed by atoms with Crippen molar-refractivity contribution in [2.45, 2.75) is 37.8 Å². The fourth-order valence-electron chi connectivity index (χ4n) is 3.93. The first-order valence-corrected chi connectivity index (χ1v) is 10.4. The highest BCUT2D eigenvalue weighted by atomic mass is 16.4. The first-order valence-electron chi connectivity index (χ1n) is 10.4. The number of amides is 1. The molecule has 4 heterocycles. The topological polar surface area (TPSA) is 161 Å².